The molecule has 1 aromatic rings. The third-order valence-electron chi connectivity index (χ3n) is 7.09. The van der Waals surface area contributed by atoms with Gasteiger partial charge >= 0.3 is 0 Å². The van der Waals surface area contributed by atoms with E-state index in [1.807, 2.05) is 19.1 Å². The maximum atomic E-state index is 13.3. The van der Waals surface area contributed by atoms with Gasteiger partial charge in [0, 0.05) is 31.0 Å². The maximum absolute atomic E-state index is 13.3. The van der Waals surface area contributed by atoms with Crippen LogP contribution in [0.15, 0.2) is 51.5 Å². The van der Waals surface area contributed by atoms with Crippen LogP contribution in [0.5, 0.6) is 0 Å². The quantitative estimate of drug-likeness (QED) is 0.610. The van der Waals surface area contributed by atoms with E-state index in [2.05, 4.69) is 13.8 Å². The van der Waals surface area contributed by atoms with Crippen LogP contribution in [0.4, 0.5) is 0 Å². The number of allylic oxidation sites excluding steroid dienone is 3. The van der Waals surface area contributed by atoms with Gasteiger partial charge in [0.2, 0.25) is 10.0 Å². The molecule has 0 aromatic heterocycles. The van der Waals surface area contributed by atoms with E-state index in [1.54, 1.807) is 16.4 Å². The van der Waals surface area contributed by atoms with Crippen LogP contribution in [0.2, 0.25) is 0 Å². The highest BCUT2D eigenvalue weighted by atomic mass is 32.2. The first-order valence-electron chi connectivity index (χ1n) is 11.3. The molecule has 0 N–H and O–H groups in total. The first-order valence-corrected chi connectivity index (χ1v) is 12.7. The molecule has 4 nitrogen and oxygen atoms in total. The first-order chi connectivity index (χ1) is 14.3. The van der Waals surface area contributed by atoms with Crippen molar-refractivity contribution in [3.63, 3.8) is 0 Å². The van der Waals surface area contributed by atoms with Crippen molar-refractivity contribution < 1.29 is 13.2 Å². The van der Waals surface area contributed by atoms with Gasteiger partial charge in [-0.2, -0.15) is 4.31 Å². The summed E-state index contributed by atoms with van der Waals surface area (Å²) in [6.07, 6.45) is 6.90. The summed E-state index contributed by atoms with van der Waals surface area (Å²) in [4.78, 5) is 13.5. The summed E-state index contributed by atoms with van der Waals surface area (Å²) >= 11 is 0. The molecule has 3 fully saturated rings. The summed E-state index contributed by atoms with van der Waals surface area (Å²) in [5.41, 5.74) is 5.65. The van der Waals surface area contributed by atoms with Crippen molar-refractivity contribution in [1.29, 1.82) is 0 Å². The van der Waals surface area contributed by atoms with Gasteiger partial charge in [-0.15, -0.1) is 0 Å². The van der Waals surface area contributed by atoms with Crippen LogP contribution in [0.1, 0.15) is 64.4 Å². The molecular formula is C25H33NO3S. The number of hydrogen-bond donors (Lipinski definition) is 0. The smallest absolute Gasteiger partial charge is 0.243 e. The second-order valence-corrected chi connectivity index (χ2v) is 11.3. The third-order valence-corrected chi connectivity index (χ3v) is 8.97. The van der Waals surface area contributed by atoms with Crippen molar-refractivity contribution in [2.75, 3.05) is 13.1 Å². The van der Waals surface area contributed by atoms with Crippen LogP contribution in [-0.4, -0.2) is 31.6 Å². The van der Waals surface area contributed by atoms with Crippen molar-refractivity contribution in [2.45, 2.75) is 70.6 Å². The standard InChI is InChI=1S/C25H33NO3S/c1-17(2)24-22-16-26(30(28,29)21-11-9-18(3)10-12-21)14-13-20(22)15-23(27)25(24)19-7-5-4-6-8-19/h9-12,20,22H,4-8,13-16H2,1-3H3/t20-,22+/m0/s1. The number of rotatable bonds is 2. The number of aryl methyl sites for hydroxylation is 1. The Kier molecular flexibility index (Phi) is 6.04. The van der Waals surface area contributed by atoms with Gasteiger partial charge in [0.25, 0.3) is 0 Å². The fraction of sp³-hybridized carbons (Fsp3) is 0.560. The molecule has 1 aromatic carbocycles. The predicted molar refractivity (Wildman–Crippen MR) is 120 cm³/mol. The van der Waals surface area contributed by atoms with E-state index in [9.17, 15) is 13.2 Å². The Morgan fingerprint density at radius 2 is 1.70 bits per heavy atom. The minimum atomic E-state index is -3.52. The number of ketones is 1. The minimum absolute atomic E-state index is 0.117. The molecule has 0 radical (unpaired) electrons. The third kappa shape index (κ3) is 3.94. The van der Waals surface area contributed by atoms with E-state index < -0.39 is 10.0 Å². The van der Waals surface area contributed by atoms with Crippen LogP contribution in [-0.2, 0) is 14.8 Å². The zero-order valence-electron chi connectivity index (χ0n) is 18.4. The normalized spacial score (nSPS) is 26.0. The molecule has 0 bridgehead atoms. The number of Topliss-reactive ketones (excluding diaryl/α,β-unsaturated/α-hetero) is 1. The number of carbonyl (C=O) groups is 1. The van der Waals surface area contributed by atoms with E-state index in [1.165, 1.54) is 17.6 Å². The van der Waals surface area contributed by atoms with Crippen molar-refractivity contribution in [2.24, 2.45) is 11.8 Å². The van der Waals surface area contributed by atoms with Gasteiger partial charge in [0.05, 0.1) is 4.90 Å². The minimum Gasteiger partial charge on any atom is -0.294 e. The highest BCUT2D eigenvalue weighted by molar-refractivity contribution is 7.89. The molecule has 0 unspecified atom stereocenters. The van der Waals surface area contributed by atoms with Crippen molar-refractivity contribution in [3.05, 3.63) is 52.1 Å². The molecule has 3 aliphatic rings. The highest BCUT2D eigenvalue weighted by Gasteiger charge is 2.44. The SMILES string of the molecule is CC(C)=C1C(=C2CCCCC2)C(=O)C[C@@H]2CCN(S(=O)(=O)c3ccc(C)cc3)C[C@@H]12. The monoisotopic (exact) mass is 427 g/mol. The molecule has 30 heavy (non-hydrogen) atoms. The molecule has 2 saturated carbocycles. The molecule has 1 saturated heterocycles. The van der Waals surface area contributed by atoms with Gasteiger partial charge in [0.15, 0.2) is 5.78 Å². The Morgan fingerprint density at radius 3 is 2.33 bits per heavy atom. The Bertz CT molecular complexity index is 989. The van der Waals surface area contributed by atoms with Crippen LogP contribution < -0.4 is 0 Å². The Morgan fingerprint density at radius 1 is 1.03 bits per heavy atom. The van der Waals surface area contributed by atoms with E-state index in [4.69, 9.17) is 0 Å². The second-order valence-electron chi connectivity index (χ2n) is 9.41. The molecule has 1 heterocycles. The lowest BCUT2D eigenvalue weighted by atomic mass is 9.66. The largest absolute Gasteiger partial charge is 0.294 e. The number of hydrogen-bond acceptors (Lipinski definition) is 3. The Hall–Kier alpha value is -1.72. The summed E-state index contributed by atoms with van der Waals surface area (Å²) in [7, 11) is -3.52. The topological polar surface area (TPSA) is 54.5 Å². The molecule has 2 aliphatic carbocycles. The highest BCUT2D eigenvalue weighted by Crippen LogP contribution is 2.46. The molecule has 162 valence electrons. The van der Waals surface area contributed by atoms with Gasteiger partial charge in [0.1, 0.15) is 0 Å². The number of carbonyl (C=O) groups excluding carboxylic acids is 1. The zero-order valence-corrected chi connectivity index (χ0v) is 19.2. The van der Waals surface area contributed by atoms with Gasteiger partial charge < -0.3 is 0 Å². The summed E-state index contributed by atoms with van der Waals surface area (Å²) in [6, 6.07) is 7.12. The lowest BCUT2D eigenvalue weighted by molar-refractivity contribution is -0.118. The number of sulfonamides is 1. The predicted octanol–water partition coefficient (Wildman–Crippen LogP) is 5.19. The molecule has 2 atom stereocenters. The summed E-state index contributed by atoms with van der Waals surface area (Å²) < 4.78 is 28.3. The fourth-order valence-corrected chi connectivity index (χ4v) is 7.01. The average Bonchev–Trinajstić information content (AvgIpc) is 2.73. The van der Waals surface area contributed by atoms with Crippen molar-refractivity contribution >= 4 is 15.8 Å². The van der Waals surface area contributed by atoms with Crippen LogP contribution in [0.3, 0.4) is 0 Å². The number of nitrogens with zero attached hydrogens (tertiary/aromatic N) is 1. The van der Waals surface area contributed by atoms with Gasteiger partial charge in [-0.1, -0.05) is 35.3 Å². The molecule has 4 rings (SSSR count). The lowest BCUT2D eigenvalue weighted by Gasteiger charge is -2.43. The Labute approximate surface area is 181 Å². The summed E-state index contributed by atoms with van der Waals surface area (Å²) in [6.45, 7) is 7.10. The molecular weight excluding hydrogens is 394 g/mol. The van der Waals surface area contributed by atoms with E-state index in [0.717, 1.165) is 48.8 Å². The van der Waals surface area contributed by atoms with E-state index in [0.29, 0.717) is 30.2 Å². The van der Waals surface area contributed by atoms with Crippen molar-refractivity contribution in [3.8, 4) is 0 Å². The van der Waals surface area contributed by atoms with Crippen LogP contribution in [0, 0.1) is 18.8 Å². The van der Waals surface area contributed by atoms with Gasteiger partial charge in [-0.25, -0.2) is 8.42 Å². The Balaban J connectivity index is 1.69. The van der Waals surface area contributed by atoms with Crippen molar-refractivity contribution in [1.82, 2.24) is 4.31 Å². The maximum Gasteiger partial charge on any atom is 0.243 e. The van der Waals surface area contributed by atoms with E-state index in [-0.39, 0.29) is 11.8 Å². The van der Waals surface area contributed by atoms with Gasteiger partial charge in [-0.05, 0) is 76.5 Å². The molecule has 0 spiro atoms. The molecule has 1 aliphatic heterocycles. The summed E-state index contributed by atoms with van der Waals surface area (Å²) in [5, 5.41) is 0. The molecule has 0 amide bonds. The van der Waals surface area contributed by atoms with E-state index >= 15 is 0 Å². The second kappa shape index (κ2) is 8.43. The molecule has 5 heteroatoms. The number of benzene rings is 1. The zero-order chi connectivity index (χ0) is 21.5. The fourth-order valence-electron chi connectivity index (χ4n) is 5.53. The number of fused-ring (bicyclic) bond motifs is 1. The van der Waals surface area contributed by atoms with Crippen LogP contribution >= 0.6 is 0 Å². The first kappa shape index (κ1) is 21.5. The lowest BCUT2D eigenvalue weighted by Crippen LogP contribution is -2.47. The van der Waals surface area contributed by atoms with Crippen LogP contribution in [0.25, 0.3) is 0 Å². The van der Waals surface area contributed by atoms with Gasteiger partial charge in [-0.3, -0.25) is 4.79 Å². The average molecular weight is 428 g/mol. The number of piperidine rings is 1. The summed E-state index contributed by atoms with van der Waals surface area (Å²) in [5.74, 6) is 0.657.